The summed E-state index contributed by atoms with van der Waals surface area (Å²) < 4.78 is 10.6. The third-order valence-corrected chi connectivity index (χ3v) is 3.43. The number of hydrogen-bond donors (Lipinski definition) is 1. The zero-order valence-electron chi connectivity index (χ0n) is 12.1. The summed E-state index contributed by atoms with van der Waals surface area (Å²) in [6.07, 6.45) is 0.603. The number of rotatable bonds is 5. The normalized spacial score (nSPS) is 17.5. The summed E-state index contributed by atoms with van der Waals surface area (Å²) in [5, 5.41) is 13.9. The van der Waals surface area contributed by atoms with Gasteiger partial charge < -0.3 is 14.4 Å². The largest absolute Gasteiger partial charge is 0.392 e. The summed E-state index contributed by atoms with van der Waals surface area (Å²) in [7, 11) is 1.63. The Kier molecular flexibility index (Phi) is 4.50. The summed E-state index contributed by atoms with van der Waals surface area (Å²) in [4.78, 5) is 4.31. The van der Waals surface area contributed by atoms with Crippen molar-refractivity contribution in [3.05, 3.63) is 11.7 Å². The first-order chi connectivity index (χ1) is 8.23. The Balaban J connectivity index is 2.81. The van der Waals surface area contributed by atoms with Gasteiger partial charge in [-0.1, -0.05) is 32.9 Å². The average molecular weight is 256 g/mol. The molecule has 104 valence electrons. The molecular weight excluding hydrogens is 232 g/mol. The first kappa shape index (κ1) is 15.1. The van der Waals surface area contributed by atoms with Crippen LogP contribution in [0.2, 0.25) is 0 Å². The van der Waals surface area contributed by atoms with Crippen LogP contribution in [-0.4, -0.2) is 28.5 Å². The monoisotopic (exact) mass is 256 g/mol. The maximum atomic E-state index is 10.0. The number of hydrogen-bond acceptors (Lipinski definition) is 5. The Morgan fingerprint density at radius 1 is 1.33 bits per heavy atom. The van der Waals surface area contributed by atoms with Crippen molar-refractivity contribution in [2.75, 3.05) is 7.11 Å². The van der Waals surface area contributed by atoms with Crippen LogP contribution in [0.25, 0.3) is 0 Å². The highest BCUT2D eigenvalue weighted by molar-refractivity contribution is 5.00. The van der Waals surface area contributed by atoms with Gasteiger partial charge in [-0.05, 0) is 18.8 Å². The quantitative estimate of drug-likeness (QED) is 0.875. The lowest BCUT2D eigenvalue weighted by molar-refractivity contribution is -0.0106. The predicted octanol–water partition coefficient (Wildman–Crippen LogP) is 2.29. The zero-order valence-corrected chi connectivity index (χ0v) is 12.1. The Hall–Kier alpha value is -0.940. The van der Waals surface area contributed by atoms with Crippen molar-refractivity contribution in [1.82, 2.24) is 10.1 Å². The summed E-state index contributed by atoms with van der Waals surface area (Å²) in [6, 6.07) is 0. The molecular formula is C13H24N2O3. The molecule has 5 heteroatoms. The molecule has 1 heterocycles. The molecule has 2 unspecified atom stereocenters. The van der Waals surface area contributed by atoms with Crippen molar-refractivity contribution in [3.8, 4) is 0 Å². The molecule has 5 nitrogen and oxygen atoms in total. The average Bonchev–Trinajstić information content (AvgIpc) is 2.75. The van der Waals surface area contributed by atoms with Gasteiger partial charge in [-0.3, -0.25) is 0 Å². The van der Waals surface area contributed by atoms with Crippen LogP contribution in [0.15, 0.2) is 4.52 Å². The number of ether oxygens (including phenoxy) is 1. The second kappa shape index (κ2) is 5.36. The maximum absolute atomic E-state index is 10.0. The van der Waals surface area contributed by atoms with Crippen molar-refractivity contribution < 1.29 is 14.4 Å². The van der Waals surface area contributed by atoms with E-state index < -0.39 is 11.7 Å². The number of methoxy groups -OCH3 is 1. The maximum Gasteiger partial charge on any atom is 0.229 e. The van der Waals surface area contributed by atoms with E-state index in [4.69, 9.17) is 9.26 Å². The molecule has 1 rings (SSSR count). The number of aliphatic hydroxyl groups excluding tert-OH is 1. The van der Waals surface area contributed by atoms with Gasteiger partial charge in [0.1, 0.15) is 5.60 Å². The molecule has 0 aliphatic carbocycles. The van der Waals surface area contributed by atoms with Crippen molar-refractivity contribution in [2.45, 2.75) is 59.2 Å². The van der Waals surface area contributed by atoms with Crippen molar-refractivity contribution in [1.29, 1.82) is 0 Å². The van der Waals surface area contributed by atoms with Gasteiger partial charge >= 0.3 is 0 Å². The molecule has 0 saturated carbocycles. The summed E-state index contributed by atoms with van der Waals surface area (Å²) in [5.41, 5.74) is -0.738. The number of aromatic nitrogens is 2. The molecule has 0 saturated heterocycles. The van der Waals surface area contributed by atoms with Crippen LogP contribution < -0.4 is 0 Å². The van der Waals surface area contributed by atoms with Gasteiger partial charge in [0, 0.05) is 7.11 Å². The SMILES string of the molecule is CCC(C)(OC)c1noc(CC(O)C(C)(C)C)n1. The lowest BCUT2D eigenvalue weighted by Gasteiger charge is -2.24. The van der Waals surface area contributed by atoms with E-state index in [1.807, 2.05) is 34.6 Å². The minimum Gasteiger partial charge on any atom is -0.392 e. The van der Waals surface area contributed by atoms with E-state index in [2.05, 4.69) is 10.1 Å². The highest BCUT2D eigenvalue weighted by atomic mass is 16.5. The van der Waals surface area contributed by atoms with E-state index in [1.54, 1.807) is 7.11 Å². The van der Waals surface area contributed by atoms with Crippen LogP contribution in [0.3, 0.4) is 0 Å². The highest BCUT2D eigenvalue weighted by Crippen LogP contribution is 2.27. The predicted molar refractivity (Wildman–Crippen MR) is 68.1 cm³/mol. The van der Waals surface area contributed by atoms with Gasteiger partial charge in [-0.25, -0.2) is 0 Å². The van der Waals surface area contributed by atoms with Crippen LogP contribution in [0, 0.1) is 5.41 Å². The smallest absolute Gasteiger partial charge is 0.229 e. The van der Waals surface area contributed by atoms with Crippen LogP contribution in [0.5, 0.6) is 0 Å². The van der Waals surface area contributed by atoms with Gasteiger partial charge in [-0.15, -0.1) is 0 Å². The fraction of sp³-hybridized carbons (Fsp3) is 0.846. The molecule has 1 N–H and O–H groups in total. The van der Waals surface area contributed by atoms with Gasteiger partial charge in [0.2, 0.25) is 11.7 Å². The van der Waals surface area contributed by atoms with Gasteiger partial charge in [0.05, 0.1) is 12.5 Å². The first-order valence-corrected chi connectivity index (χ1v) is 6.29. The minimum atomic E-state index is -0.533. The van der Waals surface area contributed by atoms with E-state index in [9.17, 15) is 5.11 Å². The Bertz CT molecular complexity index is 378. The molecule has 0 fully saturated rings. The minimum absolute atomic E-state index is 0.204. The van der Waals surface area contributed by atoms with E-state index in [-0.39, 0.29) is 5.41 Å². The molecule has 0 bridgehead atoms. The lowest BCUT2D eigenvalue weighted by Crippen LogP contribution is -2.28. The number of aliphatic hydroxyl groups is 1. The highest BCUT2D eigenvalue weighted by Gasteiger charge is 2.31. The summed E-state index contributed by atoms with van der Waals surface area (Å²) in [5.74, 6) is 0.979. The lowest BCUT2D eigenvalue weighted by atomic mass is 9.87. The third-order valence-electron chi connectivity index (χ3n) is 3.43. The van der Waals surface area contributed by atoms with Crippen LogP contribution in [-0.2, 0) is 16.8 Å². The fourth-order valence-corrected chi connectivity index (χ4v) is 1.42. The fourth-order valence-electron chi connectivity index (χ4n) is 1.42. The Morgan fingerprint density at radius 2 is 1.94 bits per heavy atom. The third kappa shape index (κ3) is 3.29. The molecule has 0 amide bonds. The molecule has 1 aromatic heterocycles. The van der Waals surface area contributed by atoms with Crippen molar-refractivity contribution in [3.63, 3.8) is 0 Å². The zero-order chi connectivity index (χ0) is 14.0. The van der Waals surface area contributed by atoms with E-state index in [0.717, 1.165) is 6.42 Å². The first-order valence-electron chi connectivity index (χ1n) is 6.29. The van der Waals surface area contributed by atoms with Gasteiger partial charge in [-0.2, -0.15) is 4.98 Å². The van der Waals surface area contributed by atoms with Gasteiger partial charge in [0.25, 0.3) is 0 Å². The van der Waals surface area contributed by atoms with E-state index >= 15 is 0 Å². The van der Waals surface area contributed by atoms with Crippen molar-refractivity contribution >= 4 is 0 Å². The second-order valence-electron chi connectivity index (χ2n) is 5.89. The van der Waals surface area contributed by atoms with Crippen molar-refractivity contribution in [2.24, 2.45) is 5.41 Å². The molecule has 0 aliphatic rings. The molecule has 2 atom stereocenters. The van der Waals surface area contributed by atoms with Crippen LogP contribution in [0.4, 0.5) is 0 Å². The topological polar surface area (TPSA) is 68.4 Å². The standard InChI is InChI=1S/C13H24N2O3/c1-7-13(5,17-6)11-14-10(18-15-11)8-9(16)12(2,3)4/h9,16H,7-8H2,1-6H3. The van der Waals surface area contributed by atoms with E-state index in [0.29, 0.717) is 18.1 Å². The summed E-state index contributed by atoms with van der Waals surface area (Å²) in [6.45, 7) is 9.84. The van der Waals surface area contributed by atoms with E-state index in [1.165, 1.54) is 0 Å². The summed E-state index contributed by atoms with van der Waals surface area (Å²) >= 11 is 0. The van der Waals surface area contributed by atoms with Gasteiger partial charge in [0.15, 0.2) is 0 Å². The molecule has 0 aromatic carbocycles. The molecule has 18 heavy (non-hydrogen) atoms. The Morgan fingerprint density at radius 3 is 2.39 bits per heavy atom. The molecule has 1 aromatic rings. The molecule has 0 spiro atoms. The number of nitrogens with zero attached hydrogens (tertiary/aromatic N) is 2. The van der Waals surface area contributed by atoms with Crippen LogP contribution >= 0.6 is 0 Å². The van der Waals surface area contributed by atoms with Crippen LogP contribution in [0.1, 0.15) is 52.8 Å². The molecule has 0 radical (unpaired) electrons. The Labute approximate surface area is 109 Å². The molecule has 0 aliphatic heterocycles. The second-order valence-corrected chi connectivity index (χ2v) is 5.89.